The average Bonchev–Trinajstić information content (AvgIpc) is 2.28. The zero-order chi connectivity index (χ0) is 14.5. The number of nitrogens with zero attached hydrogens (tertiary/aromatic N) is 1. The van der Waals surface area contributed by atoms with Gasteiger partial charge in [0.05, 0.1) is 6.54 Å². The molecule has 0 bridgehead atoms. The Bertz CT molecular complexity index is 371. The highest BCUT2D eigenvalue weighted by Gasteiger charge is 2.31. The largest absolute Gasteiger partial charge is 0.401 e. The fourth-order valence-electron chi connectivity index (χ4n) is 1.77. The normalized spacial score (nSPS) is 12.2. The van der Waals surface area contributed by atoms with Gasteiger partial charge in [0.25, 0.3) is 0 Å². The van der Waals surface area contributed by atoms with Gasteiger partial charge in [0, 0.05) is 24.8 Å². The number of halogens is 3. The lowest BCUT2D eigenvalue weighted by Crippen LogP contribution is -2.41. The van der Waals surface area contributed by atoms with E-state index in [2.05, 4.69) is 5.32 Å². The lowest BCUT2D eigenvalue weighted by Gasteiger charge is -2.27. The summed E-state index contributed by atoms with van der Waals surface area (Å²) in [6, 6.07) is 7.68. The van der Waals surface area contributed by atoms with E-state index in [0.29, 0.717) is 13.1 Å². The molecule has 0 aliphatic carbocycles. The van der Waals surface area contributed by atoms with Crippen molar-refractivity contribution < 1.29 is 13.2 Å². The average molecular weight is 274 g/mol. The number of alkyl halides is 3. The summed E-state index contributed by atoms with van der Waals surface area (Å²) in [6.07, 6.45) is -4.14. The van der Waals surface area contributed by atoms with Gasteiger partial charge in [-0.15, -0.1) is 0 Å². The zero-order valence-corrected chi connectivity index (χ0v) is 11.6. The molecule has 1 aromatic rings. The van der Waals surface area contributed by atoms with E-state index in [1.165, 1.54) is 4.90 Å². The van der Waals surface area contributed by atoms with Crippen molar-refractivity contribution in [3.8, 4) is 0 Å². The first kappa shape index (κ1) is 15.8. The third kappa shape index (κ3) is 6.47. The summed E-state index contributed by atoms with van der Waals surface area (Å²) in [5.41, 5.74) is 2.09. The number of benzene rings is 1. The Labute approximate surface area is 112 Å². The van der Waals surface area contributed by atoms with Crippen molar-refractivity contribution in [3.05, 3.63) is 29.8 Å². The second-order valence-electron chi connectivity index (χ2n) is 4.97. The van der Waals surface area contributed by atoms with Crippen LogP contribution in [0.15, 0.2) is 24.3 Å². The van der Waals surface area contributed by atoms with Crippen LogP contribution in [0.3, 0.4) is 0 Å². The highest BCUT2D eigenvalue weighted by atomic mass is 19.4. The number of anilines is 1. The van der Waals surface area contributed by atoms with Gasteiger partial charge in [-0.2, -0.15) is 13.2 Å². The molecule has 1 aromatic carbocycles. The van der Waals surface area contributed by atoms with E-state index in [4.69, 9.17) is 0 Å². The lowest BCUT2D eigenvalue weighted by molar-refractivity contribution is -0.149. The monoisotopic (exact) mass is 274 g/mol. The zero-order valence-electron chi connectivity index (χ0n) is 11.6. The molecular weight excluding hydrogens is 253 g/mol. The molecule has 0 aliphatic rings. The van der Waals surface area contributed by atoms with Gasteiger partial charge in [0.1, 0.15) is 0 Å². The van der Waals surface area contributed by atoms with E-state index in [0.717, 1.165) is 11.3 Å². The van der Waals surface area contributed by atoms with Crippen molar-refractivity contribution in [2.45, 2.75) is 33.0 Å². The van der Waals surface area contributed by atoms with Gasteiger partial charge in [0.2, 0.25) is 0 Å². The molecular formula is C14H21F3N2. The third-order valence-corrected chi connectivity index (χ3v) is 2.89. The Morgan fingerprint density at radius 3 is 2.21 bits per heavy atom. The summed E-state index contributed by atoms with van der Waals surface area (Å²) in [5.74, 6) is 0. The van der Waals surface area contributed by atoms with Crippen molar-refractivity contribution in [3.63, 3.8) is 0 Å². The fourth-order valence-corrected chi connectivity index (χ4v) is 1.77. The summed E-state index contributed by atoms with van der Waals surface area (Å²) in [5, 5.41) is 3.13. The van der Waals surface area contributed by atoms with E-state index in [1.54, 1.807) is 13.8 Å². The van der Waals surface area contributed by atoms with Crippen molar-refractivity contribution in [2.24, 2.45) is 0 Å². The van der Waals surface area contributed by atoms with Crippen LogP contribution in [0.5, 0.6) is 0 Å². The predicted octanol–water partition coefficient (Wildman–Crippen LogP) is 3.68. The topological polar surface area (TPSA) is 15.3 Å². The van der Waals surface area contributed by atoms with E-state index in [-0.39, 0.29) is 6.04 Å². The molecule has 5 heteroatoms. The van der Waals surface area contributed by atoms with Crippen molar-refractivity contribution in [2.75, 3.05) is 25.0 Å². The third-order valence-electron chi connectivity index (χ3n) is 2.89. The first-order valence-electron chi connectivity index (χ1n) is 6.39. The Balaban J connectivity index is 2.42. The summed E-state index contributed by atoms with van der Waals surface area (Å²) in [7, 11) is 0. The maximum Gasteiger partial charge on any atom is 0.401 e. The Morgan fingerprint density at radius 1 is 1.16 bits per heavy atom. The fraction of sp³-hybridized carbons (Fsp3) is 0.571. The molecule has 0 spiro atoms. The molecule has 0 atom stereocenters. The van der Waals surface area contributed by atoms with Crippen molar-refractivity contribution in [1.82, 2.24) is 4.90 Å². The molecule has 0 heterocycles. The van der Waals surface area contributed by atoms with Crippen LogP contribution < -0.4 is 5.32 Å². The maximum atomic E-state index is 12.4. The number of hydrogen-bond acceptors (Lipinski definition) is 2. The Kier molecular flexibility index (Phi) is 5.66. The highest BCUT2D eigenvalue weighted by molar-refractivity contribution is 5.44. The van der Waals surface area contributed by atoms with E-state index < -0.39 is 12.7 Å². The molecule has 0 unspecified atom stereocenters. The number of rotatable bonds is 6. The molecule has 1 N–H and O–H groups in total. The SMILES string of the molecule is Cc1ccc(NCCN(CC(F)(F)F)C(C)C)cc1. The maximum absolute atomic E-state index is 12.4. The molecule has 0 fully saturated rings. The van der Waals surface area contributed by atoms with E-state index in [9.17, 15) is 13.2 Å². The molecule has 19 heavy (non-hydrogen) atoms. The first-order valence-corrected chi connectivity index (χ1v) is 6.39. The molecule has 0 radical (unpaired) electrons. The van der Waals surface area contributed by atoms with E-state index >= 15 is 0 Å². The minimum absolute atomic E-state index is 0.124. The molecule has 0 saturated carbocycles. The molecule has 0 aromatic heterocycles. The molecule has 108 valence electrons. The molecule has 2 nitrogen and oxygen atoms in total. The van der Waals surface area contributed by atoms with Gasteiger partial charge in [-0.3, -0.25) is 4.90 Å². The van der Waals surface area contributed by atoms with Crippen molar-refractivity contribution >= 4 is 5.69 Å². The number of nitrogens with one attached hydrogen (secondary N) is 1. The summed E-state index contributed by atoms with van der Waals surface area (Å²) in [6.45, 7) is 5.55. The van der Waals surface area contributed by atoms with Crippen LogP contribution in [-0.2, 0) is 0 Å². The quantitative estimate of drug-likeness (QED) is 0.851. The summed E-state index contributed by atoms with van der Waals surface area (Å²) < 4.78 is 37.2. The minimum Gasteiger partial charge on any atom is -0.384 e. The predicted molar refractivity (Wildman–Crippen MR) is 72.4 cm³/mol. The van der Waals surface area contributed by atoms with Gasteiger partial charge in [-0.25, -0.2) is 0 Å². The second kappa shape index (κ2) is 6.80. The van der Waals surface area contributed by atoms with Gasteiger partial charge in [0.15, 0.2) is 0 Å². The van der Waals surface area contributed by atoms with Gasteiger partial charge >= 0.3 is 6.18 Å². The summed E-state index contributed by atoms with van der Waals surface area (Å²) in [4.78, 5) is 1.42. The smallest absolute Gasteiger partial charge is 0.384 e. The van der Waals surface area contributed by atoms with Crippen LogP contribution in [-0.4, -0.2) is 36.8 Å². The molecule has 0 aliphatic heterocycles. The Hall–Kier alpha value is -1.23. The van der Waals surface area contributed by atoms with Crippen LogP contribution in [0.4, 0.5) is 18.9 Å². The molecule has 0 amide bonds. The van der Waals surface area contributed by atoms with Gasteiger partial charge in [-0.1, -0.05) is 17.7 Å². The Morgan fingerprint density at radius 2 is 1.74 bits per heavy atom. The number of aryl methyl sites for hydroxylation is 1. The van der Waals surface area contributed by atoms with Crippen LogP contribution in [0, 0.1) is 6.92 Å². The van der Waals surface area contributed by atoms with Gasteiger partial charge < -0.3 is 5.32 Å². The summed E-state index contributed by atoms with van der Waals surface area (Å²) >= 11 is 0. The van der Waals surface area contributed by atoms with Crippen LogP contribution >= 0.6 is 0 Å². The van der Waals surface area contributed by atoms with Gasteiger partial charge in [-0.05, 0) is 32.9 Å². The molecule has 0 saturated heterocycles. The van der Waals surface area contributed by atoms with Crippen LogP contribution in [0.25, 0.3) is 0 Å². The van der Waals surface area contributed by atoms with Crippen molar-refractivity contribution in [1.29, 1.82) is 0 Å². The number of hydrogen-bond donors (Lipinski definition) is 1. The standard InChI is InChI=1S/C14H21F3N2/c1-11(2)19(10-14(15,16)17)9-8-18-13-6-4-12(3)5-7-13/h4-7,11,18H,8-10H2,1-3H3. The first-order chi connectivity index (χ1) is 8.78. The van der Waals surface area contributed by atoms with Crippen LogP contribution in [0.2, 0.25) is 0 Å². The lowest BCUT2D eigenvalue weighted by atomic mass is 10.2. The molecule has 1 rings (SSSR count). The highest BCUT2D eigenvalue weighted by Crippen LogP contribution is 2.17. The van der Waals surface area contributed by atoms with Crippen LogP contribution in [0.1, 0.15) is 19.4 Å². The second-order valence-corrected chi connectivity index (χ2v) is 4.97. The minimum atomic E-state index is -4.14. The van der Waals surface area contributed by atoms with E-state index in [1.807, 2.05) is 31.2 Å².